The lowest BCUT2D eigenvalue weighted by Gasteiger charge is -2.29. The highest BCUT2D eigenvalue weighted by molar-refractivity contribution is 6.16. The Hall–Kier alpha value is -3.34. The summed E-state index contributed by atoms with van der Waals surface area (Å²) in [5.74, 6) is -1.10. The molecule has 0 unspecified atom stereocenters. The van der Waals surface area contributed by atoms with E-state index in [1.54, 1.807) is 6.08 Å². The predicted octanol–water partition coefficient (Wildman–Crippen LogP) is 3.90. The quantitative estimate of drug-likeness (QED) is 0.745. The van der Waals surface area contributed by atoms with Crippen LogP contribution in [0.25, 0.3) is 22.9 Å². The zero-order valence-corrected chi connectivity index (χ0v) is 16.6. The van der Waals surface area contributed by atoms with Crippen molar-refractivity contribution in [3.8, 4) is 11.1 Å². The molecular weight excluding hydrogens is 366 g/mol. The molecule has 29 heavy (non-hydrogen) atoms. The standard InChI is InChI=1S/C24H23NO4/c1-28-23(26)20-15-16-9-3-4-10-17(16)18-11-5-6-12-19(18)22(21(20)24(27)29-2)25-13-7-8-14-25/h3-6,9-12,15H,7-8,13-14H2,1-2H3/b16-15?,18-17?,20-15+,21-20?,22-19?,22-21-. The SMILES string of the molecule is COC(=O)C1=C(\N2CCCC2)c2ccccc2-c2ccccc2/C=C\1C(=O)OC. The van der Waals surface area contributed by atoms with Crippen molar-refractivity contribution in [2.45, 2.75) is 12.8 Å². The Morgan fingerprint density at radius 2 is 1.38 bits per heavy atom. The second-order valence-electron chi connectivity index (χ2n) is 7.09. The fraction of sp³-hybridized carbons (Fsp3) is 0.250. The summed E-state index contributed by atoms with van der Waals surface area (Å²) < 4.78 is 10.2. The van der Waals surface area contributed by atoms with Gasteiger partial charge in [0.15, 0.2) is 0 Å². The van der Waals surface area contributed by atoms with Gasteiger partial charge in [-0.05, 0) is 35.6 Å². The van der Waals surface area contributed by atoms with Crippen LogP contribution < -0.4 is 0 Å². The van der Waals surface area contributed by atoms with E-state index in [2.05, 4.69) is 11.0 Å². The fourth-order valence-corrected chi connectivity index (χ4v) is 4.13. The highest BCUT2D eigenvalue weighted by atomic mass is 16.5. The van der Waals surface area contributed by atoms with E-state index in [1.807, 2.05) is 42.5 Å². The summed E-state index contributed by atoms with van der Waals surface area (Å²) in [5, 5.41) is 0. The maximum atomic E-state index is 13.0. The minimum absolute atomic E-state index is 0.211. The molecular formula is C24H23NO4. The molecule has 5 heteroatoms. The molecule has 0 amide bonds. The molecule has 2 aromatic rings. The van der Waals surface area contributed by atoms with E-state index in [4.69, 9.17) is 9.47 Å². The first kappa shape index (κ1) is 19.0. The fourth-order valence-electron chi connectivity index (χ4n) is 4.13. The van der Waals surface area contributed by atoms with Crippen LogP contribution in [0.1, 0.15) is 24.0 Å². The van der Waals surface area contributed by atoms with Crippen LogP contribution >= 0.6 is 0 Å². The Labute approximate surface area is 170 Å². The van der Waals surface area contributed by atoms with Crippen LogP contribution in [0.5, 0.6) is 0 Å². The molecule has 2 aliphatic rings. The van der Waals surface area contributed by atoms with E-state index in [9.17, 15) is 9.59 Å². The minimum atomic E-state index is -0.559. The van der Waals surface area contributed by atoms with Crippen LogP contribution in [0.3, 0.4) is 0 Å². The highest BCUT2D eigenvalue weighted by Gasteiger charge is 2.33. The lowest BCUT2D eigenvalue weighted by Crippen LogP contribution is -2.26. The van der Waals surface area contributed by atoms with Gasteiger partial charge in [0.1, 0.15) is 0 Å². The monoisotopic (exact) mass is 389 g/mol. The van der Waals surface area contributed by atoms with E-state index in [1.165, 1.54) is 14.2 Å². The summed E-state index contributed by atoms with van der Waals surface area (Å²) in [4.78, 5) is 28.0. The third-order valence-corrected chi connectivity index (χ3v) is 5.46. The van der Waals surface area contributed by atoms with Crippen LogP contribution in [0.2, 0.25) is 0 Å². The molecule has 2 aromatic carbocycles. The first-order valence-corrected chi connectivity index (χ1v) is 9.72. The van der Waals surface area contributed by atoms with E-state index >= 15 is 0 Å². The molecule has 0 N–H and O–H groups in total. The Morgan fingerprint density at radius 3 is 2.03 bits per heavy atom. The van der Waals surface area contributed by atoms with Crippen molar-refractivity contribution >= 4 is 23.7 Å². The molecule has 0 radical (unpaired) electrons. The molecule has 1 aliphatic carbocycles. The van der Waals surface area contributed by atoms with Gasteiger partial charge in [-0.2, -0.15) is 0 Å². The second-order valence-corrected chi connectivity index (χ2v) is 7.09. The summed E-state index contributed by atoms with van der Waals surface area (Å²) in [5.41, 5.74) is 4.98. The number of methoxy groups -OCH3 is 2. The second kappa shape index (κ2) is 7.95. The van der Waals surface area contributed by atoms with Gasteiger partial charge in [0, 0.05) is 18.7 Å². The van der Waals surface area contributed by atoms with Crippen molar-refractivity contribution in [3.63, 3.8) is 0 Å². The van der Waals surface area contributed by atoms with E-state index in [-0.39, 0.29) is 11.1 Å². The average molecular weight is 389 g/mol. The molecule has 0 aromatic heterocycles. The van der Waals surface area contributed by atoms with Gasteiger partial charge in [0.25, 0.3) is 0 Å². The first-order chi connectivity index (χ1) is 14.2. The third kappa shape index (κ3) is 3.33. The summed E-state index contributed by atoms with van der Waals surface area (Å²) in [6, 6.07) is 15.9. The predicted molar refractivity (Wildman–Crippen MR) is 112 cm³/mol. The Kier molecular flexibility index (Phi) is 5.21. The lowest BCUT2D eigenvalue weighted by molar-refractivity contribution is -0.139. The Morgan fingerprint density at radius 1 is 0.793 bits per heavy atom. The number of ether oxygens (including phenoxy) is 2. The van der Waals surface area contributed by atoms with E-state index in [0.29, 0.717) is 0 Å². The number of carbonyl (C=O) groups excluding carboxylic acids is 2. The number of nitrogens with zero attached hydrogens (tertiary/aromatic N) is 1. The summed E-state index contributed by atoms with van der Waals surface area (Å²) in [6.45, 7) is 1.64. The normalized spacial score (nSPS) is 19.9. The summed E-state index contributed by atoms with van der Waals surface area (Å²) >= 11 is 0. The van der Waals surface area contributed by atoms with Crippen molar-refractivity contribution in [3.05, 3.63) is 70.8 Å². The zero-order chi connectivity index (χ0) is 20.4. The van der Waals surface area contributed by atoms with Crippen LogP contribution in [0.4, 0.5) is 0 Å². The molecule has 5 nitrogen and oxygen atoms in total. The largest absolute Gasteiger partial charge is 0.465 e. The average Bonchev–Trinajstić information content (AvgIpc) is 3.28. The van der Waals surface area contributed by atoms with Crippen LogP contribution in [0, 0.1) is 0 Å². The molecule has 1 heterocycles. The molecule has 1 aliphatic heterocycles. The number of esters is 2. The van der Waals surface area contributed by atoms with Gasteiger partial charge in [0.05, 0.1) is 31.1 Å². The maximum absolute atomic E-state index is 13.0. The highest BCUT2D eigenvalue weighted by Crippen LogP contribution is 2.41. The number of rotatable bonds is 3. The molecule has 1 fully saturated rings. The number of fused-ring (bicyclic) bond motifs is 3. The molecule has 0 atom stereocenters. The van der Waals surface area contributed by atoms with Gasteiger partial charge >= 0.3 is 11.9 Å². The van der Waals surface area contributed by atoms with Gasteiger partial charge in [-0.15, -0.1) is 0 Å². The van der Waals surface area contributed by atoms with Gasteiger partial charge < -0.3 is 14.4 Å². The van der Waals surface area contributed by atoms with Crippen molar-refractivity contribution < 1.29 is 19.1 Å². The van der Waals surface area contributed by atoms with Crippen molar-refractivity contribution in [1.82, 2.24) is 4.90 Å². The van der Waals surface area contributed by atoms with Crippen molar-refractivity contribution in [2.75, 3.05) is 27.3 Å². The number of benzene rings is 2. The molecule has 0 bridgehead atoms. The van der Waals surface area contributed by atoms with Crippen molar-refractivity contribution in [2.24, 2.45) is 0 Å². The van der Waals surface area contributed by atoms with E-state index in [0.717, 1.165) is 53.9 Å². The number of hydrogen-bond donors (Lipinski definition) is 0. The molecule has 4 rings (SSSR count). The smallest absolute Gasteiger partial charge is 0.340 e. The third-order valence-electron chi connectivity index (χ3n) is 5.46. The van der Waals surface area contributed by atoms with E-state index < -0.39 is 11.9 Å². The van der Waals surface area contributed by atoms with Gasteiger partial charge in [0.2, 0.25) is 0 Å². The van der Waals surface area contributed by atoms with Crippen LogP contribution in [0.15, 0.2) is 59.7 Å². The van der Waals surface area contributed by atoms with Crippen molar-refractivity contribution in [1.29, 1.82) is 0 Å². The summed E-state index contributed by atoms with van der Waals surface area (Å²) in [7, 11) is 2.66. The first-order valence-electron chi connectivity index (χ1n) is 9.72. The molecule has 0 spiro atoms. The zero-order valence-electron chi connectivity index (χ0n) is 16.6. The number of hydrogen-bond acceptors (Lipinski definition) is 5. The molecule has 1 saturated heterocycles. The lowest BCUT2D eigenvalue weighted by atomic mass is 9.86. The Bertz CT molecular complexity index is 1030. The van der Waals surface area contributed by atoms with Crippen LogP contribution in [-0.4, -0.2) is 44.1 Å². The molecule has 148 valence electrons. The summed E-state index contributed by atoms with van der Waals surface area (Å²) in [6.07, 6.45) is 3.81. The van der Waals surface area contributed by atoms with Crippen LogP contribution in [-0.2, 0) is 19.1 Å². The molecule has 0 saturated carbocycles. The topological polar surface area (TPSA) is 55.8 Å². The Balaban J connectivity index is 2.13. The minimum Gasteiger partial charge on any atom is -0.465 e. The van der Waals surface area contributed by atoms with Gasteiger partial charge in [-0.25, -0.2) is 9.59 Å². The maximum Gasteiger partial charge on any atom is 0.340 e. The van der Waals surface area contributed by atoms with Gasteiger partial charge in [-0.3, -0.25) is 0 Å². The number of carbonyl (C=O) groups is 2. The number of likely N-dealkylation sites (tertiary alicyclic amines) is 1. The van der Waals surface area contributed by atoms with Gasteiger partial charge in [-0.1, -0.05) is 48.5 Å².